The van der Waals surface area contributed by atoms with Gasteiger partial charge in [0.05, 0.1) is 0 Å². The highest BCUT2D eigenvalue weighted by atomic mass is 16.4. The summed E-state index contributed by atoms with van der Waals surface area (Å²) < 4.78 is 0. The molecule has 0 aromatic rings. The summed E-state index contributed by atoms with van der Waals surface area (Å²) in [5, 5.41) is 14.3. The zero-order chi connectivity index (χ0) is 13.9. The molecule has 0 aliphatic carbocycles. The van der Waals surface area contributed by atoms with E-state index in [1.165, 1.54) is 6.92 Å². The number of nitrogens with zero attached hydrogens (tertiary/aromatic N) is 2. The van der Waals surface area contributed by atoms with E-state index in [1.807, 2.05) is 0 Å². The first-order chi connectivity index (χ1) is 8.28. The van der Waals surface area contributed by atoms with Gasteiger partial charge in [-0.1, -0.05) is 5.16 Å². The minimum Gasteiger partial charge on any atom is -0.409 e. The number of hydrogen-bond acceptors (Lipinski definition) is 4. The molecule has 1 rings (SSSR count). The molecular weight excluding hydrogens is 236 g/mol. The zero-order valence-electron chi connectivity index (χ0n) is 10.9. The van der Waals surface area contributed by atoms with E-state index in [0.717, 1.165) is 6.42 Å². The van der Waals surface area contributed by atoms with Gasteiger partial charge >= 0.3 is 0 Å². The molecule has 7 heteroatoms. The molecule has 1 unspecified atom stereocenters. The van der Waals surface area contributed by atoms with Gasteiger partial charge in [-0.05, 0) is 20.3 Å². The van der Waals surface area contributed by atoms with E-state index in [9.17, 15) is 9.59 Å². The van der Waals surface area contributed by atoms with Crippen molar-refractivity contribution in [3.63, 3.8) is 0 Å². The average molecular weight is 256 g/mol. The van der Waals surface area contributed by atoms with Gasteiger partial charge in [0, 0.05) is 26.1 Å². The number of amides is 2. The molecule has 1 fully saturated rings. The van der Waals surface area contributed by atoms with Crippen LogP contribution in [0.4, 0.5) is 0 Å². The molecule has 102 valence electrons. The highest BCUT2D eigenvalue weighted by Gasteiger charge is 2.39. The Hall–Kier alpha value is -1.79. The van der Waals surface area contributed by atoms with E-state index in [2.05, 4.69) is 10.5 Å². The highest BCUT2D eigenvalue weighted by molar-refractivity contribution is 6.06. The van der Waals surface area contributed by atoms with Crippen molar-refractivity contribution in [2.24, 2.45) is 16.3 Å². The lowest BCUT2D eigenvalue weighted by Gasteiger charge is -2.28. The van der Waals surface area contributed by atoms with Gasteiger partial charge in [-0.2, -0.15) is 0 Å². The van der Waals surface area contributed by atoms with Crippen LogP contribution in [0.5, 0.6) is 0 Å². The molecule has 0 spiro atoms. The van der Waals surface area contributed by atoms with E-state index < -0.39 is 5.41 Å². The third-order valence-electron chi connectivity index (χ3n) is 3.17. The lowest BCUT2D eigenvalue weighted by Crippen LogP contribution is -2.48. The number of amidine groups is 1. The van der Waals surface area contributed by atoms with Crippen LogP contribution in [0.25, 0.3) is 0 Å². The maximum absolute atomic E-state index is 12.2. The Morgan fingerprint density at radius 2 is 2.11 bits per heavy atom. The minimum atomic E-state index is -1.04. The number of nitrogens with one attached hydrogen (secondary N) is 1. The van der Waals surface area contributed by atoms with Crippen LogP contribution >= 0.6 is 0 Å². The van der Waals surface area contributed by atoms with E-state index >= 15 is 0 Å². The summed E-state index contributed by atoms with van der Waals surface area (Å²) in [5.74, 6) is -0.425. The van der Waals surface area contributed by atoms with Crippen LogP contribution in [0.3, 0.4) is 0 Å². The van der Waals surface area contributed by atoms with Crippen LogP contribution in [0.2, 0.25) is 0 Å². The molecule has 1 aliphatic heterocycles. The predicted octanol–water partition coefficient (Wildman–Crippen LogP) is -0.504. The molecule has 0 aromatic heterocycles. The number of rotatable bonds is 3. The Balaban J connectivity index is 2.68. The normalized spacial score (nSPS) is 20.9. The van der Waals surface area contributed by atoms with Crippen molar-refractivity contribution in [1.29, 1.82) is 0 Å². The third-order valence-corrected chi connectivity index (χ3v) is 3.17. The van der Waals surface area contributed by atoms with Crippen LogP contribution in [-0.2, 0) is 9.59 Å². The standard InChI is InChI=1S/C11H20N4O3/c1-7(16)13-8-4-5-15(6-8)10(17)11(2,3)9(12)14-18/h8,18H,4-6H2,1-3H3,(H2,12,14)(H,13,16). The van der Waals surface area contributed by atoms with Crippen LogP contribution in [0, 0.1) is 5.41 Å². The molecule has 1 saturated heterocycles. The number of carbonyl (C=O) groups excluding carboxylic acids is 2. The monoisotopic (exact) mass is 256 g/mol. The second-order valence-corrected chi connectivity index (χ2v) is 5.05. The van der Waals surface area contributed by atoms with E-state index in [-0.39, 0.29) is 23.7 Å². The largest absolute Gasteiger partial charge is 0.409 e. The molecule has 0 bridgehead atoms. The van der Waals surface area contributed by atoms with E-state index in [0.29, 0.717) is 13.1 Å². The van der Waals surface area contributed by atoms with Gasteiger partial charge < -0.3 is 21.2 Å². The van der Waals surface area contributed by atoms with Gasteiger partial charge in [0.15, 0.2) is 5.84 Å². The highest BCUT2D eigenvalue weighted by Crippen LogP contribution is 2.22. The molecule has 1 aliphatic rings. The van der Waals surface area contributed by atoms with Gasteiger partial charge in [0.25, 0.3) is 0 Å². The predicted molar refractivity (Wildman–Crippen MR) is 66.0 cm³/mol. The average Bonchev–Trinajstić information content (AvgIpc) is 2.74. The summed E-state index contributed by atoms with van der Waals surface area (Å²) >= 11 is 0. The second kappa shape index (κ2) is 5.24. The van der Waals surface area contributed by atoms with Crippen molar-refractivity contribution in [2.45, 2.75) is 33.2 Å². The molecule has 1 atom stereocenters. The summed E-state index contributed by atoms with van der Waals surface area (Å²) in [4.78, 5) is 24.8. The molecule has 0 radical (unpaired) electrons. The molecule has 0 saturated carbocycles. The maximum Gasteiger partial charge on any atom is 0.236 e. The Bertz CT molecular complexity index is 378. The molecule has 0 aromatic carbocycles. The van der Waals surface area contributed by atoms with Gasteiger partial charge in [-0.3, -0.25) is 9.59 Å². The lowest BCUT2D eigenvalue weighted by atomic mass is 9.90. The number of carbonyl (C=O) groups is 2. The van der Waals surface area contributed by atoms with Crippen LogP contribution in [0.1, 0.15) is 27.2 Å². The first-order valence-corrected chi connectivity index (χ1v) is 5.83. The molecule has 18 heavy (non-hydrogen) atoms. The molecule has 7 nitrogen and oxygen atoms in total. The van der Waals surface area contributed by atoms with Gasteiger partial charge in [-0.15, -0.1) is 0 Å². The number of oxime groups is 1. The first kappa shape index (κ1) is 14.3. The number of nitrogens with two attached hydrogens (primary N) is 1. The summed E-state index contributed by atoms with van der Waals surface area (Å²) in [7, 11) is 0. The second-order valence-electron chi connectivity index (χ2n) is 5.05. The van der Waals surface area contributed by atoms with Crippen molar-refractivity contribution in [1.82, 2.24) is 10.2 Å². The van der Waals surface area contributed by atoms with Crippen molar-refractivity contribution in [2.75, 3.05) is 13.1 Å². The van der Waals surface area contributed by atoms with Crippen molar-refractivity contribution in [3.05, 3.63) is 0 Å². The smallest absolute Gasteiger partial charge is 0.236 e. The maximum atomic E-state index is 12.2. The molecular formula is C11H20N4O3. The molecule has 4 N–H and O–H groups in total. The van der Waals surface area contributed by atoms with Gasteiger partial charge in [0.1, 0.15) is 5.41 Å². The Labute approximate surface area is 106 Å². The third kappa shape index (κ3) is 2.91. The van der Waals surface area contributed by atoms with Crippen molar-refractivity contribution in [3.8, 4) is 0 Å². The lowest BCUT2D eigenvalue weighted by molar-refractivity contribution is -0.136. The Morgan fingerprint density at radius 1 is 1.50 bits per heavy atom. The van der Waals surface area contributed by atoms with E-state index in [4.69, 9.17) is 10.9 Å². The van der Waals surface area contributed by atoms with Gasteiger partial charge in [-0.25, -0.2) is 0 Å². The summed E-state index contributed by atoms with van der Waals surface area (Å²) in [6.45, 7) is 5.68. The fraction of sp³-hybridized carbons (Fsp3) is 0.727. The Morgan fingerprint density at radius 3 is 2.61 bits per heavy atom. The Kier molecular flexibility index (Phi) is 4.15. The van der Waals surface area contributed by atoms with Crippen LogP contribution in [-0.4, -0.2) is 46.9 Å². The summed E-state index contributed by atoms with van der Waals surface area (Å²) in [6.07, 6.45) is 0.720. The summed E-state index contributed by atoms with van der Waals surface area (Å²) in [5.41, 5.74) is 4.48. The first-order valence-electron chi connectivity index (χ1n) is 5.83. The van der Waals surface area contributed by atoms with E-state index in [1.54, 1.807) is 18.7 Å². The molecule has 2 amide bonds. The quantitative estimate of drug-likeness (QED) is 0.274. The summed E-state index contributed by atoms with van der Waals surface area (Å²) in [6, 6.07) is -0.0189. The van der Waals surface area contributed by atoms with Crippen molar-refractivity contribution >= 4 is 17.6 Å². The SMILES string of the molecule is CC(=O)NC1CCN(C(=O)C(C)(C)C(N)=NO)C1. The number of likely N-dealkylation sites (tertiary alicyclic amines) is 1. The topological polar surface area (TPSA) is 108 Å². The van der Waals surface area contributed by atoms with Gasteiger partial charge in [0.2, 0.25) is 11.8 Å². The van der Waals surface area contributed by atoms with Crippen molar-refractivity contribution < 1.29 is 14.8 Å². The molecule has 1 heterocycles. The fourth-order valence-electron chi connectivity index (χ4n) is 1.98. The fourth-order valence-corrected chi connectivity index (χ4v) is 1.98. The van der Waals surface area contributed by atoms with Crippen LogP contribution < -0.4 is 11.1 Å². The minimum absolute atomic E-state index is 0.0189. The van der Waals surface area contributed by atoms with Crippen LogP contribution in [0.15, 0.2) is 5.16 Å². The number of hydrogen-bond donors (Lipinski definition) is 3. The zero-order valence-corrected chi connectivity index (χ0v) is 10.9.